The van der Waals surface area contributed by atoms with Crippen LogP contribution in [0.2, 0.25) is 0 Å². The molecule has 2 unspecified atom stereocenters. The Hall–Kier alpha value is 0.210. The van der Waals surface area contributed by atoms with Gasteiger partial charge in [0.15, 0.2) is 0 Å². The van der Waals surface area contributed by atoms with Gasteiger partial charge < -0.3 is 11.5 Å². The summed E-state index contributed by atoms with van der Waals surface area (Å²) in [4.78, 5) is 0. The van der Waals surface area contributed by atoms with E-state index in [4.69, 9.17) is 23.1 Å². The van der Waals surface area contributed by atoms with Crippen molar-refractivity contribution < 1.29 is 0 Å². The van der Waals surface area contributed by atoms with Gasteiger partial charge in [0.2, 0.25) is 0 Å². The van der Waals surface area contributed by atoms with Crippen LogP contribution in [-0.4, -0.2) is 18.5 Å². The summed E-state index contributed by atoms with van der Waals surface area (Å²) in [5, 5.41) is 0.288. The zero-order valence-corrected chi connectivity index (χ0v) is 21.4. The number of unbranched alkanes of at least 4 members (excludes halogenated alkanes) is 18. The molecule has 0 aromatic carbocycles. The van der Waals surface area contributed by atoms with Gasteiger partial charge in [-0.3, -0.25) is 0 Å². The molecular weight excluding hydrogens is 388 g/mol. The Bertz CT molecular complexity index is 311. The quantitative estimate of drug-likeness (QED) is 0.109. The molecule has 0 aromatic heterocycles. The second-order valence-electron chi connectivity index (χ2n) is 9.66. The third-order valence-electron chi connectivity index (χ3n) is 6.62. The van der Waals surface area contributed by atoms with Gasteiger partial charge in [-0.15, -0.1) is 11.6 Å². The molecule has 0 aliphatic carbocycles. The van der Waals surface area contributed by atoms with E-state index in [9.17, 15) is 0 Å². The van der Waals surface area contributed by atoms with E-state index in [2.05, 4.69) is 6.92 Å². The molecule has 0 saturated carbocycles. The highest BCUT2D eigenvalue weighted by Gasteiger charge is 2.12. The molecule has 0 aromatic rings. The first-order valence-corrected chi connectivity index (χ1v) is 14.2. The topological polar surface area (TPSA) is 52.0 Å². The molecule has 2 nitrogen and oxygen atoms in total. The predicted octanol–water partition coefficient (Wildman–Crippen LogP) is 8.73. The number of rotatable bonds is 25. The summed E-state index contributed by atoms with van der Waals surface area (Å²) < 4.78 is 0. The van der Waals surface area contributed by atoms with Crippen LogP contribution in [0.25, 0.3) is 0 Å². The van der Waals surface area contributed by atoms with Crippen LogP contribution in [0.4, 0.5) is 0 Å². The van der Waals surface area contributed by atoms with E-state index >= 15 is 0 Å². The summed E-state index contributed by atoms with van der Waals surface area (Å²) in [5.41, 5.74) is 11.4. The summed E-state index contributed by atoms with van der Waals surface area (Å²) in [6, 6.07) is 0. The van der Waals surface area contributed by atoms with E-state index in [1.54, 1.807) is 0 Å². The smallest absolute Gasteiger partial charge is 0.0339 e. The Kier molecular flexibility index (Phi) is 25.6. The summed E-state index contributed by atoms with van der Waals surface area (Å²) in [7, 11) is 0. The molecule has 0 radical (unpaired) electrons. The highest BCUT2D eigenvalue weighted by Crippen LogP contribution is 2.20. The SMILES string of the molecule is CCCCCCCCCCCCCCCCCCCCCC(Cl)CC(CN)CCN. The molecule has 2 atom stereocenters. The van der Waals surface area contributed by atoms with Crippen LogP contribution in [0, 0.1) is 5.92 Å². The maximum Gasteiger partial charge on any atom is 0.0339 e. The summed E-state index contributed by atoms with van der Waals surface area (Å²) >= 11 is 6.48. The van der Waals surface area contributed by atoms with Crippen molar-refractivity contribution >= 4 is 11.6 Å². The highest BCUT2D eigenvalue weighted by molar-refractivity contribution is 6.20. The molecule has 3 heteroatoms. The van der Waals surface area contributed by atoms with Crippen molar-refractivity contribution in [1.82, 2.24) is 0 Å². The first-order valence-electron chi connectivity index (χ1n) is 13.8. The molecule has 0 aliphatic rings. The van der Waals surface area contributed by atoms with E-state index in [0.717, 1.165) is 32.4 Å². The lowest BCUT2D eigenvalue weighted by Crippen LogP contribution is -2.21. The third kappa shape index (κ3) is 22.9. The van der Waals surface area contributed by atoms with Crippen LogP contribution >= 0.6 is 11.6 Å². The fourth-order valence-corrected chi connectivity index (χ4v) is 4.90. The Morgan fingerprint density at radius 3 is 1.23 bits per heavy atom. The van der Waals surface area contributed by atoms with Gasteiger partial charge in [0.25, 0.3) is 0 Å². The van der Waals surface area contributed by atoms with Gasteiger partial charge in [-0.05, 0) is 38.3 Å². The molecule has 0 saturated heterocycles. The molecule has 0 heterocycles. The fourth-order valence-electron chi connectivity index (χ4n) is 4.49. The van der Waals surface area contributed by atoms with Crippen LogP contribution in [-0.2, 0) is 0 Å². The van der Waals surface area contributed by atoms with Gasteiger partial charge in [-0.2, -0.15) is 0 Å². The molecule has 30 heavy (non-hydrogen) atoms. The lowest BCUT2D eigenvalue weighted by molar-refractivity contribution is 0.439. The molecule has 0 fully saturated rings. The maximum absolute atomic E-state index is 6.48. The van der Waals surface area contributed by atoms with E-state index in [1.807, 2.05) is 0 Å². The molecule has 4 N–H and O–H groups in total. The van der Waals surface area contributed by atoms with Crippen LogP contribution in [0.3, 0.4) is 0 Å². The van der Waals surface area contributed by atoms with E-state index in [-0.39, 0.29) is 5.38 Å². The molecule has 182 valence electrons. The van der Waals surface area contributed by atoms with Crippen LogP contribution in [0.15, 0.2) is 0 Å². The van der Waals surface area contributed by atoms with E-state index in [1.165, 1.54) is 122 Å². The molecule has 0 bridgehead atoms. The highest BCUT2D eigenvalue weighted by atomic mass is 35.5. The van der Waals surface area contributed by atoms with E-state index < -0.39 is 0 Å². The zero-order valence-electron chi connectivity index (χ0n) is 20.7. The summed E-state index contributed by atoms with van der Waals surface area (Å²) in [6.45, 7) is 3.74. The van der Waals surface area contributed by atoms with Crippen LogP contribution in [0.5, 0.6) is 0 Å². The lowest BCUT2D eigenvalue weighted by Gasteiger charge is -2.17. The molecule has 0 aliphatic heterocycles. The number of nitrogens with two attached hydrogens (primary N) is 2. The van der Waals surface area contributed by atoms with Crippen molar-refractivity contribution in [1.29, 1.82) is 0 Å². The van der Waals surface area contributed by atoms with Crippen molar-refractivity contribution in [2.24, 2.45) is 17.4 Å². The zero-order chi connectivity index (χ0) is 22.1. The molecule has 0 rings (SSSR count). The van der Waals surface area contributed by atoms with Crippen molar-refractivity contribution in [2.45, 2.75) is 154 Å². The number of alkyl halides is 1. The van der Waals surface area contributed by atoms with Gasteiger partial charge >= 0.3 is 0 Å². The fraction of sp³-hybridized carbons (Fsp3) is 1.00. The van der Waals surface area contributed by atoms with Crippen molar-refractivity contribution in [3.63, 3.8) is 0 Å². The van der Waals surface area contributed by atoms with Gasteiger partial charge in [0, 0.05) is 5.38 Å². The average Bonchev–Trinajstić information content (AvgIpc) is 2.75. The van der Waals surface area contributed by atoms with Crippen molar-refractivity contribution in [3.8, 4) is 0 Å². The van der Waals surface area contributed by atoms with Gasteiger partial charge in [-0.25, -0.2) is 0 Å². The Morgan fingerprint density at radius 2 is 0.900 bits per heavy atom. The van der Waals surface area contributed by atoms with Crippen LogP contribution < -0.4 is 11.5 Å². The van der Waals surface area contributed by atoms with Gasteiger partial charge in [-0.1, -0.05) is 129 Å². The largest absolute Gasteiger partial charge is 0.330 e. The monoisotopic (exact) mass is 444 g/mol. The van der Waals surface area contributed by atoms with Crippen molar-refractivity contribution in [2.75, 3.05) is 13.1 Å². The Balaban J connectivity index is 3.17. The lowest BCUT2D eigenvalue weighted by atomic mass is 9.96. The molecule has 0 amide bonds. The Morgan fingerprint density at radius 1 is 0.533 bits per heavy atom. The average molecular weight is 445 g/mol. The maximum atomic E-state index is 6.48. The number of halogens is 1. The number of hydrogen-bond donors (Lipinski definition) is 2. The van der Waals surface area contributed by atoms with E-state index in [0.29, 0.717) is 5.92 Å². The standard InChI is InChI=1S/C27H57ClN2/c1-2-3-4-5-6-7-8-9-10-11-12-13-14-15-16-17-18-19-20-21-27(28)24-26(25-30)22-23-29/h26-27H,2-25,29-30H2,1H3. The third-order valence-corrected chi connectivity index (χ3v) is 7.01. The van der Waals surface area contributed by atoms with Crippen LogP contribution in [0.1, 0.15) is 148 Å². The minimum Gasteiger partial charge on any atom is -0.330 e. The summed E-state index contributed by atoms with van der Waals surface area (Å²) in [6.07, 6.45) is 30.3. The second kappa shape index (κ2) is 25.5. The predicted molar refractivity (Wildman–Crippen MR) is 138 cm³/mol. The second-order valence-corrected chi connectivity index (χ2v) is 10.3. The normalized spacial score (nSPS) is 13.6. The van der Waals surface area contributed by atoms with Gasteiger partial charge in [0.05, 0.1) is 0 Å². The minimum atomic E-state index is 0.288. The molecule has 0 spiro atoms. The van der Waals surface area contributed by atoms with Crippen molar-refractivity contribution in [3.05, 3.63) is 0 Å². The Labute approximate surface area is 195 Å². The minimum absolute atomic E-state index is 0.288. The van der Waals surface area contributed by atoms with Gasteiger partial charge in [0.1, 0.15) is 0 Å². The number of hydrogen-bond acceptors (Lipinski definition) is 2. The molecular formula is C27H57ClN2. The first kappa shape index (κ1) is 30.2. The first-order chi connectivity index (χ1) is 14.7. The summed E-state index contributed by atoms with van der Waals surface area (Å²) in [5.74, 6) is 0.512.